The molecule has 1 saturated heterocycles. The molecule has 0 radical (unpaired) electrons. The molecule has 2 heterocycles. The van der Waals surface area contributed by atoms with Crippen LogP contribution in [0.4, 0.5) is 5.69 Å². The number of nitrogens with zero attached hydrogens (tertiary/aromatic N) is 3. The minimum Gasteiger partial charge on any atom is -0.298 e. The lowest BCUT2D eigenvalue weighted by Gasteiger charge is -2.24. The molecule has 0 saturated carbocycles. The van der Waals surface area contributed by atoms with Crippen LogP contribution in [0.2, 0.25) is 5.02 Å². The van der Waals surface area contributed by atoms with Crippen molar-refractivity contribution in [1.29, 1.82) is 0 Å². The van der Waals surface area contributed by atoms with Crippen LogP contribution in [0, 0.1) is 0 Å². The number of halogens is 1. The van der Waals surface area contributed by atoms with Gasteiger partial charge < -0.3 is 0 Å². The second-order valence-corrected chi connectivity index (χ2v) is 5.74. The lowest BCUT2D eigenvalue weighted by molar-refractivity contribution is 0.260. The maximum absolute atomic E-state index is 5.99. The summed E-state index contributed by atoms with van der Waals surface area (Å²) in [4.78, 5) is 6.75. The molecular formula is C16H19ClN4. The molecular weight excluding hydrogens is 284 g/mol. The molecule has 1 N–H and O–H groups in total. The van der Waals surface area contributed by atoms with Gasteiger partial charge in [-0.1, -0.05) is 18.0 Å². The summed E-state index contributed by atoms with van der Waals surface area (Å²) in [6, 6.07) is 7.62. The first-order valence-electron chi connectivity index (χ1n) is 7.37. The van der Waals surface area contributed by atoms with Gasteiger partial charge in [-0.25, -0.2) is 0 Å². The number of anilines is 1. The van der Waals surface area contributed by atoms with E-state index >= 15 is 0 Å². The Morgan fingerprint density at radius 2 is 2.10 bits per heavy atom. The zero-order valence-corrected chi connectivity index (χ0v) is 12.7. The number of benzene rings is 1. The van der Waals surface area contributed by atoms with E-state index in [1.165, 1.54) is 32.4 Å². The van der Waals surface area contributed by atoms with E-state index in [1.807, 2.05) is 30.5 Å². The van der Waals surface area contributed by atoms with Crippen molar-refractivity contribution in [2.24, 2.45) is 5.10 Å². The number of rotatable bonds is 4. The number of hydrogen-bond acceptors (Lipinski definition) is 4. The van der Waals surface area contributed by atoms with Crippen LogP contribution in [0.25, 0.3) is 10.9 Å². The standard InChI is InChI=1S/C16H19ClN4/c17-13-4-5-14-15(6-7-18-16(14)12-13)20-19-8-11-21-9-2-1-3-10-21/h4-8,12H,1-3,9-11H2,(H,18,20)/b19-8-. The van der Waals surface area contributed by atoms with Crippen LogP contribution in [0.1, 0.15) is 19.3 Å². The van der Waals surface area contributed by atoms with E-state index in [2.05, 4.69) is 20.4 Å². The van der Waals surface area contributed by atoms with Crippen molar-refractivity contribution in [3.8, 4) is 0 Å². The van der Waals surface area contributed by atoms with Crippen molar-refractivity contribution in [1.82, 2.24) is 9.88 Å². The molecule has 0 unspecified atom stereocenters. The van der Waals surface area contributed by atoms with Gasteiger partial charge in [-0.2, -0.15) is 5.10 Å². The molecule has 2 aromatic rings. The molecule has 0 bridgehead atoms. The Hall–Kier alpha value is -1.65. The molecule has 1 aromatic carbocycles. The van der Waals surface area contributed by atoms with Gasteiger partial charge in [0, 0.05) is 29.4 Å². The average molecular weight is 303 g/mol. The summed E-state index contributed by atoms with van der Waals surface area (Å²) in [5.41, 5.74) is 4.93. The Morgan fingerprint density at radius 3 is 2.95 bits per heavy atom. The third-order valence-electron chi connectivity index (χ3n) is 3.77. The van der Waals surface area contributed by atoms with Crippen LogP contribution < -0.4 is 5.43 Å². The molecule has 21 heavy (non-hydrogen) atoms. The normalized spacial score (nSPS) is 16.6. The van der Waals surface area contributed by atoms with E-state index in [4.69, 9.17) is 11.6 Å². The van der Waals surface area contributed by atoms with E-state index in [0.717, 1.165) is 23.1 Å². The predicted octanol–water partition coefficient (Wildman–Crippen LogP) is 3.77. The number of hydrazone groups is 1. The molecule has 4 nitrogen and oxygen atoms in total. The van der Waals surface area contributed by atoms with Crippen LogP contribution in [-0.2, 0) is 0 Å². The van der Waals surface area contributed by atoms with Crippen molar-refractivity contribution in [2.75, 3.05) is 25.1 Å². The highest BCUT2D eigenvalue weighted by molar-refractivity contribution is 6.31. The van der Waals surface area contributed by atoms with E-state index < -0.39 is 0 Å². The molecule has 0 spiro atoms. The quantitative estimate of drug-likeness (QED) is 0.690. The summed E-state index contributed by atoms with van der Waals surface area (Å²) in [5, 5.41) is 6.05. The Morgan fingerprint density at radius 1 is 1.24 bits per heavy atom. The number of nitrogens with one attached hydrogen (secondary N) is 1. The van der Waals surface area contributed by atoms with Crippen LogP contribution in [-0.4, -0.2) is 35.7 Å². The first-order valence-corrected chi connectivity index (χ1v) is 7.75. The highest BCUT2D eigenvalue weighted by Gasteiger charge is 2.07. The maximum Gasteiger partial charge on any atom is 0.0738 e. The largest absolute Gasteiger partial charge is 0.298 e. The molecule has 0 amide bonds. The van der Waals surface area contributed by atoms with Crippen molar-refractivity contribution in [3.63, 3.8) is 0 Å². The number of piperidine rings is 1. The van der Waals surface area contributed by atoms with E-state index in [0.29, 0.717) is 5.02 Å². The summed E-state index contributed by atoms with van der Waals surface area (Å²) >= 11 is 5.99. The molecule has 0 atom stereocenters. The number of pyridine rings is 1. The van der Waals surface area contributed by atoms with Crippen molar-refractivity contribution in [2.45, 2.75) is 19.3 Å². The lowest BCUT2D eigenvalue weighted by Crippen LogP contribution is -2.31. The van der Waals surface area contributed by atoms with Gasteiger partial charge in [0.2, 0.25) is 0 Å². The first kappa shape index (κ1) is 14.3. The van der Waals surface area contributed by atoms with E-state index in [1.54, 1.807) is 6.20 Å². The second kappa shape index (κ2) is 6.87. The number of aromatic nitrogens is 1. The fourth-order valence-corrected chi connectivity index (χ4v) is 2.80. The average Bonchev–Trinajstić information content (AvgIpc) is 2.52. The monoisotopic (exact) mass is 302 g/mol. The minimum atomic E-state index is 0.695. The molecule has 110 valence electrons. The predicted molar refractivity (Wildman–Crippen MR) is 89.2 cm³/mol. The minimum absolute atomic E-state index is 0.695. The zero-order chi connectivity index (χ0) is 14.5. The third kappa shape index (κ3) is 3.71. The van der Waals surface area contributed by atoms with Crippen LogP contribution in [0.5, 0.6) is 0 Å². The molecule has 1 fully saturated rings. The smallest absolute Gasteiger partial charge is 0.0738 e. The van der Waals surface area contributed by atoms with Gasteiger partial charge in [0.05, 0.1) is 11.2 Å². The number of likely N-dealkylation sites (tertiary alicyclic amines) is 1. The maximum atomic E-state index is 5.99. The zero-order valence-electron chi connectivity index (χ0n) is 11.9. The molecule has 1 aromatic heterocycles. The Labute approximate surface area is 129 Å². The molecule has 5 heteroatoms. The molecule has 3 rings (SSSR count). The van der Waals surface area contributed by atoms with Gasteiger partial charge >= 0.3 is 0 Å². The van der Waals surface area contributed by atoms with Gasteiger partial charge in [-0.3, -0.25) is 15.3 Å². The summed E-state index contributed by atoms with van der Waals surface area (Å²) in [7, 11) is 0. The molecule has 1 aliphatic rings. The van der Waals surface area contributed by atoms with E-state index in [-0.39, 0.29) is 0 Å². The topological polar surface area (TPSA) is 40.5 Å². The van der Waals surface area contributed by atoms with Gasteiger partial charge in [0.1, 0.15) is 0 Å². The van der Waals surface area contributed by atoms with Crippen molar-refractivity contribution in [3.05, 3.63) is 35.5 Å². The summed E-state index contributed by atoms with van der Waals surface area (Å²) < 4.78 is 0. The van der Waals surface area contributed by atoms with Gasteiger partial charge in [0.15, 0.2) is 0 Å². The second-order valence-electron chi connectivity index (χ2n) is 5.30. The van der Waals surface area contributed by atoms with Gasteiger partial charge in [-0.15, -0.1) is 0 Å². The Balaban J connectivity index is 1.64. The van der Waals surface area contributed by atoms with Gasteiger partial charge in [0.25, 0.3) is 0 Å². The van der Waals surface area contributed by atoms with E-state index in [9.17, 15) is 0 Å². The molecule has 0 aliphatic carbocycles. The first-order chi connectivity index (χ1) is 10.3. The van der Waals surface area contributed by atoms with Crippen molar-refractivity contribution >= 4 is 34.4 Å². The third-order valence-corrected chi connectivity index (χ3v) is 4.00. The van der Waals surface area contributed by atoms with Gasteiger partial charge in [-0.05, 0) is 50.2 Å². The SMILES string of the molecule is Clc1ccc2c(N/N=C\CN3CCCCC3)ccnc2c1. The highest BCUT2D eigenvalue weighted by atomic mass is 35.5. The fourth-order valence-electron chi connectivity index (χ4n) is 2.63. The Kier molecular flexibility index (Phi) is 4.68. The van der Waals surface area contributed by atoms with Crippen LogP contribution >= 0.6 is 11.6 Å². The number of hydrogen-bond donors (Lipinski definition) is 1. The summed E-state index contributed by atoms with van der Waals surface area (Å²) in [6.07, 6.45) is 7.67. The van der Waals surface area contributed by atoms with Crippen LogP contribution in [0.15, 0.2) is 35.6 Å². The van der Waals surface area contributed by atoms with Crippen LogP contribution in [0.3, 0.4) is 0 Å². The highest BCUT2D eigenvalue weighted by Crippen LogP contribution is 2.24. The fraction of sp³-hybridized carbons (Fsp3) is 0.375. The Bertz CT molecular complexity index is 635. The lowest BCUT2D eigenvalue weighted by atomic mass is 10.1. The van der Waals surface area contributed by atoms with Crippen molar-refractivity contribution < 1.29 is 0 Å². The number of fused-ring (bicyclic) bond motifs is 1. The summed E-state index contributed by atoms with van der Waals surface area (Å²) in [5.74, 6) is 0. The summed E-state index contributed by atoms with van der Waals surface area (Å²) in [6.45, 7) is 3.27. The molecule has 1 aliphatic heterocycles.